The molecule has 0 heterocycles. The molecule has 0 bridgehead atoms. The maximum absolute atomic E-state index is 3.63. The van der Waals surface area contributed by atoms with Gasteiger partial charge in [-0.15, -0.1) is 0 Å². The van der Waals surface area contributed by atoms with Gasteiger partial charge < -0.3 is 5.32 Å². The largest absolute Gasteiger partial charge is 0.304 e. The third-order valence-electron chi connectivity index (χ3n) is 3.20. The molecule has 100 valence electrons. The minimum absolute atomic E-state index is 0.312. The van der Waals surface area contributed by atoms with Crippen LogP contribution in [-0.2, 0) is 0 Å². The molecule has 3 heteroatoms. The second-order valence-electron chi connectivity index (χ2n) is 4.72. The lowest BCUT2D eigenvalue weighted by atomic mass is 10.0. The number of rotatable bonds is 4. The van der Waals surface area contributed by atoms with Gasteiger partial charge in [0, 0.05) is 21.0 Å². The summed E-state index contributed by atoms with van der Waals surface area (Å²) >= 11 is 7.03. The first-order valence-electron chi connectivity index (χ1n) is 6.33. The van der Waals surface area contributed by atoms with Gasteiger partial charge >= 0.3 is 0 Å². The molecule has 0 spiro atoms. The molecule has 2 atom stereocenters. The first kappa shape index (κ1) is 14.8. The van der Waals surface area contributed by atoms with Gasteiger partial charge in [-0.3, -0.25) is 0 Å². The molecule has 2 aromatic rings. The maximum Gasteiger partial charge on any atom is 0.0297 e. The van der Waals surface area contributed by atoms with Crippen LogP contribution in [0.2, 0.25) is 0 Å². The highest BCUT2D eigenvalue weighted by Gasteiger charge is 2.11. The van der Waals surface area contributed by atoms with Crippen LogP contribution in [0.25, 0.3) is 0 Å². The quantitative estimate of drug-likeness (QED) is 0.723. The third kappa shape index (κ3) is 4.16. The Morgan fingerprint density at radius 1 is 0.789 bits per heavy atom. The first-order valence-corrected chi connectivity index (χ1v) is 7.92. The summed E-state index contributed by atoms with van der Waals surface area (Å²) in [6, 6.07) is 17.5. The minimum Gasteiger partial charge on any atom is -0.304 e. The molecule has 0 aliphatic rings. The van der Waals surface area contributed by atoms with Crippen LogP contribution < -0.4 is 5.32 Å². The van der Waals surface area contributed by atoms with Gasteiger partial charge in [0.1, 0.15) is 0 Å². The Morgan fingerprint density at radius 3 is 1.58 bits per heavy atom. The Morgan fingerprint density at radius 2 is 1.21 bits per heavy atom. The molecule has 1 nitrogen and oxygen atoms in total. The molecule has 0 fully saturated rings. The van der Waals surface area contributed by atoms with Crippen molar-refractivity contribution in [2.75, 3.05) is 0 Å². The number of hydrogen-bond donors (Lipinski definition) is 1. The molecule has 1 unspecified atom stereocenters. The van der Waals surface area contributed by atoms with Crippen molar-refractivity contribution in [3.63, 3.8) is 0 Å². The Bertz CT molecular complexity index is 504. The molecular weight excluding hydrogens is 366 g/mol. The normalized spacial score (nSPS) is 14.1. The summed E-state index contributed by atoms with van der Waals surface area (Å²) in [5.41, 5.74) is 2.58. The highest BCUT2D eigenvalue weighted by atomic mass is 79.9. The van der Waals surface area contributed by atoms with E-state index >= 15 is 0 Å². The summed E-state index contributed by atoms with van der Waals surface area (Å²) in [6.07, 6.45) is 0. The second kappa shape index (κ2) is 6.69. The van der Waals surface area contributed by atoms with E-state index in [0.717, 1.165) is 8.95 Å². The van der Waals surface area contributed by atoms with Crippen LogP contribution in [0.3, 0.4) is 0 Å². The van der Waals surface area contributed by atoms with Crippen molar-refractivity contribution in [1.29, 1.82) is 0 Å². The van der Waals surface area contributed by atoms with Gasteiger partial charge in [-0.25, -0.2) is 0 Å². The van der Waals surface area contributed by atoms with Gasteiger partial charge in [0.05, 0.1) is 0 Å². The van der Waals surface area contributed by atoms with Crippen molar-refractivity contribution in [3.8, 4) is 0 Å². The van der Waals surface area contributed by atoms with Gasteiger partial charge in [-0.2, -0.15) is 0 Å². The molecular formula is C16H17Br2N. The highest BCUT2D eigenvalue weighted by molar-refractivity contribution is 9.10. The summed E-state index contributed by atoms with van der Waals surface area (Å²) in [4.78, 5) is 0. The third-order valence-corrected chi connectivity index (χ3v) is 4.18. The zero-order valence-corrected chi connectivity index (χ0v) is 14.2. The summed E-state index contributed by atoms with van der Waals surface area (Å²) in [7, 11) is 0. The monoisotopic (exact) mass is 381 g/mol. The fourth-order valence-electron chi connectivity index (χ4n) is 2.12. The second-order valence-corrected chi connectivity index (χ2v) is 6.55. The van der Waals surface area contributed by atoms with E-state index in [-0.39, 0.29) is 0 Å². The molecule has 0 saturated carbocycles. The standard InChI is InChI=1S/C16H17Br2N/c1-11(13-5-3-7-15(17)9-13)19-12(2)14-6-4-8-16(18)10-14/h3-12,19H,1-2H3/t11-,12?/m0/s1. The average Bonchev–Trinajstić information content (AvgIpc) is 2.38. The Kier molecular flexibility index (Phi) is 5.20. The van der Waals surface area contributed by atoms with E-state index in [1.165, 1.54) is 11.1 Å². The lowest BCUT2D eigenvalue weighted by molar-refractivity contribution is 0.494. The van der Waals surface area contributed by atoms with Gasteiger partial charge in [0.15, 0.2) is 0 Å². The van der Waals surface area contributed by atoms with Gasteiger partial charge in [-0.05, 0) is 49.2 Å². The number of hydrogen-bond acceptors (Lipinski definition) is 1. The summed E-state index contributed by atoms with van der Waals surface area (Å²) < 4.78 is 2.24. The molecule has 0 aliphatic heterocycles. The van der Waals surface area contributed by atoms with Crippen molar-refractivity contribution in [2.45, 2.75) is 25.9 Å². The predicted molar refractivity (Wildman–Crippen MR) is 88.2 cm³/mol. The topological polar surface area (TPSA) is 12.0 Å². The fraction of sp³-hybridized carbons (Fsp3) is 0.250. The Labute approximate surface area is 131 Å². The summed E-state index contributed by atoms with van der Waals surface area (Å²) in [5, 5.41) is 3.63. The smallest absolute Gasteiger partial charge is 0.0297 e. The van der Waals surface area contributed by atoms with Crippen LogP contribution in [0.15, 0.2) is 57.5 Å². The number of halogens is 2. The molecule has 0 aromatic heterocycles. The minimum atomic E-state index is 0.312. The van der Waals surface area contributed by atoms with Crippen molar-refractivity contribution in [2.24, 2.45) is 0 Å². The van der Waals surface area contributed by atoms with E-state index < -0.39 is 0 Å². The molecule has 0 amide bonds. The average molecular weight is 383 g/mol. The van der Waals surface area contributed by atoms with Gasteiger partial charge in [0.25, 0.3) is 0 Å². The SMILES string of the molecule is CC(N[C@@H](C)c1cccc(Br)c1)c1cccc(Br)c1. The lowest BCUT2D eigenvalue weighted by Crippen LogP contribution is -2.22. The molecule has 1 N–H and O–H groups in total. The summed E-state index contributed by atoms with van der Waals surface area (Å²) in [6.45, 7) is 4.38. The molecule has 0 aliphatic carbocycles. The van der Waals surface area contributed by atoms with E-state index in [2.05, 4.69) is 87.4 Å². The number of nitrogens with one attached hydrogen (secondary N) is 1. The zero-order chi connectivity index (χ0) is 13.8. The van der Waals surface area contributed by atoms with Crippen molar-refractivity contribution >= 4 is 31.9 Å². The van der Waals surface area contributed by atoms with Crippen LogP contribution in [0, 0.1) is 0 Å². The number of benzene rings is 2. The van der Waals surface area contributed by atoms with Crippen molar-refractivity contribution < 1.29 is 0 Å². The van der Waals surface area contributed by atoms with E-state index in [9.17, 15) is 0 Å². The Balaban J connectivity index is 2.08. The fourth-order valence-corrected chi connectivity index (χ4v) is 2.95. The van der Waals surface area contributed by atoms with Crippen LogP contribution in [-0.4, -0.2) is 0 Å². The van der Waals surface area contributed by atoms with E-state index in [1.54, 1.807) is 0 Å². The lowest BCUT2D eigenvalue weighted by Gasteiger charge is -2.21. The van der Waals surface area contributed by atoms with Crippen LogP contribution in [0.5, 0.6) is 0 Å². The van der Waals surface area contributed by atoms with E-state index in [0.29, 0.717) is 12.1 Å². The maximum atomic E-state index is 3.63. The van der Waals surface area contributed by atoms with E-state index in [4.69, 9.17) is 0 Å². The molecule has 2 aromatic carbocycles. The molecule has 0 radical (unpaired) electrons. The molecule has 19 heavy (non-hydrogen) atoms. The van der Waals surface area contributed by atoms with Crippen LogP contribution in [0.4, 0.5) is 0 Å². The first-order chi connectivity index (χ1) is 9.06. The van der Waals surface area contributed by atoms with Crippen molar-refractivity contribution in [3.05, 3.63) is 68.6 Å². The Hall–Kier alpha value is -0.640. The molecule has 2 rings (SSSR count). The van der Waals surface area contributed by atoms with Crippen LogP contribution in [0.1, 0.15) is 37.1 Å². The van der Waals surface area contributed by atoms with Gasteiger partial charge in [0.2, 0.25) is 0 Å². The zero-order valence-electron chi connectivity index (χ0n) is 11.0. The van der Waals surface area contributed by atoms with Gasteiger partial charge in [-0.1, -0.05) is 56.1 Å². The van der Waals surface area contributed by atoms with Crippen LogP contribution >= 0.6 is 31.9 Å². The summed E-state index contributed by atoms with van der Waals surface area (Å²) in [5.74, 6) is 0. The van der Waals surface area contributed by atoms with E-state index in [1.807, 2.05) is 12.1 Å². The highest BCUT2D eigenvalue weighted by Crippen LogP contribution is 2.23. The molecule has 0 saturated heterocycles. The predicted octanol–water partition coefficient (Wildman–Crippen LogP) is 5.62. The van der Waals surface area contributed by atoms with Crippen molar-refractivity contribution in [1.82, 2.24) is 5.32 Å².